The zero-order chi connectivity index (χ0) is 16.4. The van der Waals surface area contributed by atoms with Gasteiger partial charge >= 0.3 is 0 Å². The zero-order valence-electron chi connectivity index (χ0n) is 12.9. The van der Waals surface area contributed by atoms with Crippen LogP contribution in [0.15, 0.2) is 29.3 Å². The number of aliphatic imine (C=N–C) groups is 1. The first kappa shape index (κ1) is 18.4. The molecule has 0 unspecified atom stereocenters. The molecule has 1 aromatic rings. The van der Waals surface area contributed by atoms with Crippen LogP contribution < -0.4 is 15.4 Å². The summed E-state index contributed by atoms with van der Waals surface area (Å²) in [7, 11) is -1.52. The second-order valence-electron chi connectivity index (χ2n) is 4.60. The lowest BCUT2D eigenvalue weighted by Gasteiger charge is -2.12. The van der Waals surface area contributed by atoms with Gasteiger partial charge in [0.05, 0.1) is 5.75 Å². The molecule has 1 rings (SSSR count). The summed E-state index contributed by atoms with van der Waals surface area (Å²) in [4.78, 5) is 4.04. The monoisotopic (exact) mass is 330 g/mol. The van der Waals surface area contributed by atoms with Crippen LogP contribution in [0.25, 0.3) is 0 Å². The van der Waals surface area contributed by atoms with Crippen LogP contribution in [0.1, 0.15) is 12.5 Å². The molecule has 0 bridgehead atoms. The minimum Gasteiger partial charge on any atom is -0.356 e. The topological polar surface area (TPSA) is 82.6 Å². The normalized spacial score (nSPS) is 12.2. The summed E-state index contributed by atoms with van der Waals surface area (Å²) in [5.41, 5.74) is 1.03. The molecule has 3 N–H and O–H groups in total. The number of halogens is 1. The molecule has 0 aliphatic rings. The van der Waals surface area contributed by atoms with E-state index in [1.165, 1.54) is 12.1 Å². The predicted molar refractivity (Wildman–Crippen MR) is 86.9 cm³/mol. The Kier molecular flexibility index (Phi) is 7.83. The number of sulfonamides is 1. The Hall–Kier alpha value is -1.67. The summed E-state index contributed by atoms with van der Waals surface area (Å²) in [5.74, 6) is 0.416. The van der Waals surface area contributed by atoms with Crippen molar-refractivity contribution < 1.29 is 12.8 Å². The Balaban J connectivity index is 2.24. The van der Waals surface area contributed by atoms with Gasteiger partial charge in [0.15, 0.2) is 5.96 Å². The van der Waals surface area contributed by atoms with Crippen molar-refractivity contribution in [2.24, 2.45) is 4.99 Å². The highest BCUT2D eigenvalue weighted by Gasteiger charge is 2.04. The number of nitrogens with one attached hydrogen (secondary N) is 3. The van der Waals surface area contributed by atoms with Crippen LogP contribution in [0.3, 0.4) is 0 Å². The summed E-state index contributed by atoms with van der Waals surface area (Å²) in [6.07, 6.45) is 0.740. The van der Waals surface area contributed by atoms with Crippen LogP contribution in [0, 0.1) is 5.82 Å². The van der Waals surface area contributed by atoms with Gasteiger partial charge in [-0.1, -0.05) is 12.1 Å². The third-order valence-electron chi connectivity index (χ3n) is 2.96. The number of benzene rings is 1. The number of hydrogen-bond donors (Lipinski definition) is 3. The molecule has 8 heteroatoms. The summed E-state index contributed by atoms with van der Waals surface area (Å²) in [6.45, 7) is 2.97. The standard InChI is InChI=1S/C14H23FN4O2S/c1-3-22(20,21)19-11-10-18-14(16-2)17-9-8-12-4-6-13(15)7-5-12/h4-7,19H,3,8-11H2,1-2H3,(H2,16,17,18). The Labute approximate surface area is 131 Å². The lowest BCUT2D eigenvalue weighted by molar-refractivity contribution is 0.582. The van der Waals surface area contributed by atoms with E-state index in [-0.39, 0.29) is 11.6 Å². The van der Waals surface area contributed by atoms with Crippen molar-refractivity contribution in [1.82, 2.24) is 15.4 Å². The van der Waals surface area contributed by atoms with Gasteiger partial charge in [-0.15, -0.1) is 0 Å². The molecule has 0 aliphatic heterocycles. The van der Waals surface area contributed by atoms with Crippen molar-refractivity contribution in [1.29, 1.82) is 0 Å². The Morgan fingerprint density at radius 2 is 1.77 bits per heavy atom. The predicted octanol–water partition coefficient (Wildman–Crippen LogP) is 0.473. The Morgan fingerprint density at radius 3 is 2.36 bits per heavy atom. The number of nitrogens with zero attached hydrogens (tertiary/aromatic N) is 1. The first-order chi connectivity index (χ1) is 10.5. The molecule has 0 aliphatic carbocycles. The van der Waals surface area contributed by atoms with Gasteiger partial charge in [0.1, 0.15) is 5.82 Å². The minimum absolute atomic E-state index is 0.0671. The van der Waals surface area contributed by atoms with Crippen molar-refractivity contribution in [3.05, 3.63) is 35.6 Å². The fraction of sp³-hybridized carbons (Fsp3) is 0.500. The van der Waals surface area contributed by atoms with E-state index in [4.69, 9.17) is 0 Å². The van der Waals surface area contributed by atoms with E-state index < -0.39 is 10.0 Å². The molecule has 0 heterocycles. The van der Waals surface area contributed by atoms with Gasteiger partial charge in [-0.25, -0.2) is 17.5 Å². The number of rotatable bonds is 8. The maximum absolute atomic E-state index is 12.8. The average Bonchev–Trinajstić information content (AvgIpc) is 2.51. The smallest absolute Gasteiger partial charge is 0.211 e. The number of hydrogen-bond acceptors (Lipinski definition) is 3. The van der Waals surface area contributed by atoms with Gasteiger partial charge in [-0.3, -0.25) is 4.99 Å². The van der Waals surface area contributed by atoms with E-state index in [1.54, 1.807) is 26.1 Å². The quantitative estimate of drug-likeness (QED) is 0.368. The highest BCUT2D eigenvalue weighted by Crippen LogP contribution is 2.02. The Morgan fingerprint density at radius 1 is 1.14 bits per heavy atom. The second kappa shape index (κ2) is 9.37. The minimum atomic E-state index is -3.16. The van der Waals surface area contributed by atoms with Crippen LogP contribution >= 0.6 is 0 Å². The first-order valence-electron chi connectivity index (χ1n) is 7.13. The highest BCUT2D eigenvalue weighted by molar-refractivity contribution is 7.89. The van der Waals surface area contributed by atoms with E-state index in [2.05, 4.69) is 20.3 Å². The maximum Gasteiger partial charge on any atom is 0.211 e. The largest absolute Gasteiger partial charge is 0.356 e. The van der Waals surface area contributed by atoms with E-state index in [0.29, 0.717) is 25.6 Å². The molecule has 0 atom stereocenters. The van der Waals surface area contributed by atoms with E-state index in [9.17, 15) is 12.8 Å². The van der Waals surface area contributed by atoms with Gasteiger partial charge < -0.3 is 10.6 Å². The highest BCUT2D eigenvalue weighted by atomic mass is 32.2. The second-order valence-corrected chi connectivity index (χ2v) is 6.70. The molecule has 0 aromatic heterocycles. The molecule has 22 heavy (non-hydrogen) atoms. The van der Waals surface area contributed by atoms with E-state index >= 15 is 0 Å². The third kappa shape index (κ3) is 7.37. The summed E-state index contributed by atoms with van der Waals surface area (Å²) in [5, 5.41) is 6.13. The molecule has 0 fully saturated rings. The molecular weight excluding hydrogens is 307 g/mol. The first-order valence-corrected chi connectivity index (χ1v) is 8.78. The van der Waals surface area contributed by atoms with Crippen molar-refractivity contribution in [2.75, 3.05) is 32.4 Å². The van der Waals surface area contributed by atoms with Gasteiger partial charge in [-0.05, 0) is 31.0 Å². The van der Waals surface area contributed by atoms with Crippen LogP contribution in [0.4, 0.5) is 4.39 Å². The Bertz CT molecular complexity index is 573. The fourth-order valence-corrected chi connectivity index (χ4v) is 2.30. The summed E-state index contributed by atoms with van der Waals surface area (Å²) < 4.78 is 37.8. The molecule has 0 radical (unpaired) electrons. The molecule has 0 spiro atoms. The molecule has 0 amide bonds. The zero-order valence-corrected chi connectivity index (χ0v) is 13.7. The third-order valence-corrected chi connectivity index (χ3v) is 4.37. The number of guanidine groups is 1. The van der Waals surface area contributed by atoms with Gasteiger partial charge in [0.25, 0.3) is 0 Å². The molecule has 1 aromatic carbocycles. The van der Waals surface area contributed by atoms with Crippen LogP contribution in [0.2, 0.25) is 0 Å². The maximum atomic E-state index is 12.8. The molecule has 6 nitrogen and oxygen atoms in total. The fourth-order valence-electron chi connectivity index (χ4n) is 1.69. The van der Waals surface area contributed by atoms with Crippen LogP contribution in [-0.2, 0) is 16.4 Å². The lowest BCUT2D eigenvalue weighted by atomic mass is 10.1. The molecule has 0 saturated heterocycles. The van der Waals surface area contributed by atoms with E-state index in [0.717, 1.165) is 12.0 Å². The molecule has 0 saturated carbocycles. The van der Waals surface area contributed by atoms with Crippen molar-refractivity contribution >= 4 is 16.0 Å². The molecular formula is C14H23FN4O2S. The summed E-state index contributed by atoms with van der Waals surface area (Å²) in [6, 6.07) is 6.35. The lowest BCUT2D eigenvalue weighted by Crippen LogP contribution is -2.42. The van der Waals surface area contributed by atoms with Gasteiger partial charge in [0, 0.05) is 26.7 Å². The van der Waals surface area contributed by atoms with Crippen molar-refractivity contribution in [3.8, 4) is 0 Å². The summed E-state index contributed by atoms with van der Waals surface area (Å²) >= 11 is 0. The van der Waals surface area contributed by atoms with Gasteiger partial charge in [0.2, 0.25) is 10.0 Å². The van der Waals surface area contributed by atoms with E-state index in [1.807, 2.05) is 0 Å². The average molecular weight is 330 g/mol. The van der Waals surface area contributed by atoms with Crippen LogP contribution in [0.5, 0.6) is 0 Å². The van der Waals surface area contributed by atoms with Crippen molar-refractivity contribution in [2.45, 2.75) is 13.3 Å². The molecule has 124 valence electrons. The SMILES string of the molecule is CCS(=O)(=O)NCCNC(=NC)NCCc1ccc(F)cc1. The van der Waals surface area contributed by atoms with Crippen LogP contribution in [-0.4, -0.2) is 46.8 Å². The van der Waals surface area contributed by atoms with Crippen molar-refractivity contribution in [3.63, 3.8) is 0 Å². The van der Waals surface area contributed by atoms with Gasteiger partial charge in [-0.2, -0.15) is 0 Å².